The molecule has 1 N–H and O–H groups in total. The van der Waals surface area contributed by atoms with Crippen molar-refractivity contribution < 1.29 is 5.11 Å². The van der Waals surface area contributed by atoms with E-state index in [-0.39, 0.29) is 6.10 Å². The molecule has 0 radical (unpaired) electrons. The molecule has 7 fully saturated rings. The van der Waals surface area contributed by atoms with Crippen molar-refractivity contribution in [2.24, 2.45) is 45.8 Å². The Balaban J connectivity index is 1.70. The van der Waals surface area contributed by atoms with Crippen molar-refractivity contribution in [1.82, 2.24) is 0 Å². The maximum absolute atomic E-state index is 11.0. The van der Waals surface area contributed by atoms with Gasteiger partial charge in [0, 0.05) is 5.41 Å². The zero-order valence-corrected chi connectivity index (χ0v) is 13.4. The highest BCUT2D eigenvalue weighted by atomic mass is 16.3. The number of hydrogen-bond acceptors (Lipinski definition) is 1. The summed E-state index contributed by atoms with van der Waals surface area (Å²) in [6.07, 6.45) is 9.66. The van der Waals surface area contributed by atoms with Gasteiger partial charge in [-0.25, -0.2) is 0 Å². The molecular weight excluding hydrogens is 244 g/mol. The molecule has 0 heterocycles. The van der Waals surface area contributed by atoms with E-state index in [0.717, 1.165) is 36.0 Å². The van der Waals surface area contributed by atoms with Crippen LogP contribution >= 0.6 is 0 Å². The molecular formula is C19H30O. The lowest BCUT2D eigenvalue weighted by atomic mass is 9.26. The lowest BCUT2D eigenvalue weighted by Crippen LogP contribution is -2.74. The summed E-state index contributed by atoms with van der Waals surface area (Å²) in [5, 5.41) is 11.0. The minimum absolute atomic E-state index is 0.0222. The third kappa shape index (κ3) is 1.15. The average molecular weight is 274 g/mol. The van der Waals surface area contributed by atoms with Crippen LogP contribution in [-0.2, 0) is 0 Å². The zero-order valence-electron chi connectivity index (χ0n) is 13.4. The Morgan fingerprint density at radius 3 is 2.00 bits per heavy atom. The maximum atomic E-state index is 11.0. The molecule has 0 aliphatic heterocycles. The van der Waals surface area contributed by atoms with Crippen molar-refractivity contribution in [3.8, 4) is 0 Å². The summed E-state index contributed by atoms with van der Waals surface area (Å²) in [6.45, 7) is 7.33. The van der Waals surface area contributed by atoms with E-state index in [1.165, 1.54) is 38.5 Å². The van der Waals surface area contributed by atoms with Crippen molar-refractivity contribution in [3.05, 3.63) is 0 Å². The molecule has 7 saturated carbocycles. The second-order valence-corrected chi connectivity index (χ2v) is 10.1. The van der Waals surface area contributed by atoms with Crippen LogP contribution in [0.5, 0.6) is 0 Å². The summed E-state index contributed by atoms with van der Waals surface area (Å²) < 4.78 is 0. The van der Waals surface area contributed by atoms with Gasteiger partial charge in [-0.3, -0.25) is 0 Å². The van der Waals surface area contributed by atoms with Gasteiger partial charge in [0.05, 0.1) is 6.10 Å². The highest BCUT2D eigenvalue weighted by molar-refractivity contribution is 5.24. The van der Waals surface area contributed by atoms with Crippen molar-refractivity contribution in [1.29, 1.82) is 0 Å². The molecule has 0 aromatic rings. The second-order valence-electron chi connectivity index (χ2n) is 10.1. The topological polar surface area (TPSA) is 20.2 Å². The first-order valence-corrected chi connectivity index (χ1v) is 9.09. The van der Waals surface area contributed by atoms with Gasteiger partial charge in [-0.2, -0.15) is 0 Å². The van der Waals surface area contributed by atoms with E-state index in [0.29, 0.717) is 16.2 Å². The second kappa shape index (κ2) is 3.31. The molecule has 20 heavy (non-hydrogen) atoms. The Hall–Kier alpha value is -0.0400. The Kier molecular flexibility index (Phi) is 2.07. The summed E-state index contributed by atoms with van der Waals surface area (Å²) in [5.41, 5.74) is 1.53. The smallest absolute Gasteiger partial charge is 0.0599 e. The van der Waals surface area contributed by atoms with Crippen LogP contribution in [0.2, 0.25) is 0 Å². The molecule has 0 aromatic heterocycles. The van der Waals surface area contributed by atoms with E-state index in [4.69, 9.17) is 0 Å². The van der Waals surface area contributed by atoms with Crippen LogP contribution in [-0.4, -0.2) is 11.2 Å². The fourth-order valence-corrected chi connectivity index (χ4v) is 8.80. The molecule has 5 unspecified atom stereocenters. The fraction of sp³-hybridized carbons (Fsp3) is 1.00. The lowest BCUT2D eigenvalue weighted by molar-refractivity contribution is -0.320. The minimum Gasteiger partial charge on any atom is -0.393 e. The molecule has 0 spiro atoms. The molecule has 7 rings (SSSR count). The molecule has 112 valence electrons. The standard InChI is InChI=1S/C19H30O/c1-4-16(20)19-10-18(3)6-12-11-5-17(2,8-14(12)19)9-15(19)13(11)7-18/h11-16,20H,4-10H2,1-3H3. The normalized spacial score (nSPS) is 66.9. The van der Waals surface area contributed by atoms with Gasteiger partial charge in [0.2, 0.25) is 0 Å². The predicted molar refractivity (Wildman–Crippen MR) is 80.1 cm³/mol. The van der Waals surface area contributed by atoms with Crippen LogP contribution in [0.3, 0.4) is 0 Å². The number of aliphatic hydroxyl groups excluding tert-OH is 1. The van der Waals surface area contributed by atoms with Gasteiger partial charge in [0.15, 0.2) is 0 Å². The van der Waals surface area contributed by atoms with Crippen molar-refractivity contribution in [2.75, 3.05) is 0 Å². The van der Waals surface area contributed by atoms with Crippen molar-refractivity contribution in [2.45, 2.75) is 71.8 Å². The van der Waals surface area contributed by atoms with E-state index in [2.05, 4.69) is 20.8 Å². The Morgan fingerprint density at radius 1 is 0.900 bits per heavy atom. The minimum atomic E-state index is -0.0222. The summed E-state index contributed by atoms with van der Waals surface area (Å²) >= 11 is 0. The number of aliphatic hydroxyl groups is 1. The van der Waals surface area contributed by atoms with Crippen LogP contribution < -0.4 is 0 Å². The molecule has 7 aliphatic carbocycles. The highest BCUT2D eigenvalue weighted by Crippen LogP contribution is 2.81. The summed E-state index contributed by atoms with van der Waals surface area (Å²) in [6, 6.07) is 0. The van der Waals surface area contributed by atoms with Gasteiger partial charge in [0.25, 0.3) is 0 Å². The first-order chi connectivity index (χ1) is 9.41. The van der Waals surface area contributed by atoms with Gasteiger partial charge >= 0.3 is 0 Å². The number of rotatable bonds is 2. The van der Waals surface area contributed by atoms with E-state index in [9.17, 15) is 5.11 Å². The Morgan fingerprint density at radius 2 is 1.45 bits per heavy atom. The zero-order chi connectivity index (χ0) is 13.9. The molecule has 8 bridgehead atoms. The summed E-state index contributed by atoms with van der Waals surface area (Å²) in [5.74, 6) is 4.70. The third-order valence-corrected chi connectivity index (χ3v) is 8.87. The molecule has 1 heteroatoms. The largest absolute Gasteiger partial charge is 0.393 e. The monoisotopic (exact) mass is 274 g/mol. The van der Waals surface area contributed by atoms with Gasteiger partial charge in [0.1, 0.15) is 0 Å². The predicted octanol–water partition coefficient (Wildman–Crippen LogP) is 4.25. The average Bonchev–Trinajstić information content (AvgIpc) is 2.41. The van der Waals surface area contributed by atoms with Gasteiger partial charge in [-0.05, 0) is 85.4 Å². The quantitative estimate of drug-likeness (QED) is 0.798. The first kappa shape index (κ1) is 12.5. The SMILES string of the molecule is CCC(O)C12CC3(C)CC4C5CC(C)(CC41)CC2C5C3. The summed E-state index contributed by atoms with van der Waals surface area (Å²) in [7, 11) is 0. The van der Waals surface area contributed by atoms with E-state index in [1.807, 2.05) is 0 Å². The first-order valence-electron chi connectivity index (χ1n) is 9.09. The van der Waals surface area contributed by atoms with E-state index in [1.54, 1.807) is 0 Å². The van der Waals surface area contributed by atoms with Crippen LogP contribution in [0.25, 0.3) is 0 Å². The van der Waals surface area contributed by atoms with Crippen molar-refractivity contribution in [3.63, 3.8) is 0 Å². The van der Waals surface area contributed by atoms with Crippen LogP contribution in [0, 0.1) is 45.8 Å². The number of hydrogen-bond donors (Lipinski definition) is 1. The molecule has 7 aliphatic rings. The van der Waals surface area contributed by atoms with Crippen molar-refractivity contribution >= 4 is 0 Å². The molecule has 0 amide bonds. The molecule has 5 atom stereocenters. The van der Waals surface area contributed by atoms with Gasteiger partial charge in [-0.15, -0.1) is 0 Å². The van der Waals surface area contributed by atoms with Gasteiger partial charge < -0.3 is 5.11 Å². The Labute approximate surface area is 123 Å². The molecule has 0 saturated heterocycles. The Bertz CT molecular complexity index is 442. The molecule has 0 aromatic carbocycles. The fourth-order valence-electron chi connectivity index (χ4n) is 8.80. The van der Waals surface area contributed by atoms with Crippen LogP contribution in [0.1, 0.15) is 65.7 Å². The van der Waals surface area contributed by atoms with E-state index >= 15 is 0 Å². The summed E-state index contributed by atoms with van der Waals surface area (Å²) in [4.78, 5) is 0. The molecule has 1 nitrogen and oxygen atoms in total. The maximum Gasteiger partial charge on any atom is 0.0599 e. The highest BCUT2D eigenvalue weighted by Gasteiger charge is 2.75. The van der Waals surface area contributed by atoms with Crippen LogP contribution in [0.4, 0.5) is 0 Å². The lowest BCUT2D eigenvalue weighted by Gasteiger charge is -2.79. The van der Waals surface area contributed by atoms with Crippen LogP contribution in [0.15, 0.2) is 0 Å². The van der Waals surface area contributed by atoms with Gasteiger partial charge in [-0.1, -0.05) is 20.8 Å². The third-order valence-electron chi connectivity index (χ3n) is 8.87. The van der Waals surface area contributed by atoms with E-state index < -0.39 is 0 Å².